The minimum atomic E-state index is -3.49. The number of rotatable bonds is 6. The Morgan fingerprint density at radius 1 is 1.04 bits per heavy atom. The highest BCUT2D eigenvalue weighted by molar-refractivity contribution is 7.89. The normalized spacial score (nSPS) is 15.2. The van der Waals surface area contributed by atoms with Gasteiger partial charge >= 0.3 is 0 Å². The third-order valence-electron chi connectivity index (χ3n) is 4.90. The van der Waals surface area contributed by atoms with Crippen LogP contribution >= 0.6 is 0 Å². The molecule has 1 saturated heterocycles. The van der Waals surface area contributed by atoms with Gasteiger partial charge in [0.05, 0.1) is 11.4 Å². The third-order valence-corrected chi connectivity index (χ3v) is 6.79. The van der Waals surface area contributed by atoms with Gasteiger partial charge in [-0.15, -0.1) is 0 Å². The predicted octanol–water partition coefficient (Wildman–Crippen LogP) is 3.53. The molecule has 7 heteroatoms. The van der Waals surface area contributed by atoms with Crippen molar-refractivity contribution in [1.29, 1.82) is 0 Å². The van der Waals surface area contributed by atoms with Crippen LogP contribution in [0.2, 0.25) is 0 Å². The summed E-state index contributed by atoms with van der Waals surface area (Å²) in [5, 5.41) is 5.89. The molecule has 3 rings (SSSR count). The van der Waals surface area contributed by atoms with Crippen molar-refractivity contribution in [2.24, 2.45) is 0 Å². The molecule has 150 valence electrons. The van der Waals surface area contributed by atoms with Crippen molar-refractivity contribution in [1.82, 2.24) is 4.31 Å². The Morgan fingerprint density at radius 2 is 1.79 bits per heavy atom. The Kier molecular flexibility index (Phi) is 6.36. The lowest BCUT2D eigenvalue weighted by Crippen LogP contribution is -2.35. The molecule has 0 radical (unpaired) electrons. The summed E-state index contributed by atoms with van der Waals surface area (Å²) in [5.41, 5.74) is 3.52. The van der Waals surface area contributed by atoms with Gasteiger partial charge in [0.25, 0.3) is 0 Å². The first kappa shape index (κ1) is 20.4. The lowest BCUT2D eigenvalue weighted by Gasteiger charge is -2.26. The number of nitrogens with zero attached hydrogens (tertiary/aromatic N) is 1. The van der Waals surface area contributed by atoms with Crippen LogP contribution in [-0.2, 0) is 14.8 Å². The summed E-state index contributed by atoms with van der Waals surface area (Å²) in [6.45, 7) is 5.15. The number of benzene rings is 2. The average molecular weight is 402 g/mol. The average Bonchev–Trinajstić information content (AvgIpc) is 2.69. The van der Waals surface area contributed by atoms with Crippen molar-refractivity contribution in [3.05, 3.63) is 53.6 Å². The molecule has 0 aliphatic carbocycles. The van der Waals surface area contributed by atoms with E-state index in [1.807, 2.05) is 32.0 Å². The maximum atomic E-state index is 12.8. The van der Waals surface area contributed by atoms with Crippen molar-refractivity contribution in [3.63, 3.8) is 0 Å². The van der Waals surface area contributed by atoms with Gasteiger partial charge < -0.3 is 10.6 Å². The monoisotopic (exact) mass is 401 g/mol. The van der Waals surface area contributed by atoms with Crippen LogP contribution in [0.4, 0.5) is 11.4 Å². The molecule has 0 aromatic heterocycles. The number of piperidine rings is 1. The fraction of sp³-hybridized carbons (Fsp3) is 0.381. The number of hydrogen-bond donors (Lipinski definition) is 2. The summed E-state index contributed by atoms with van der Waals surface area (Å²) >= 11 is 0. The number of nitrogens with one attached hydrogen (secondary N) is 2. The summed E-state index contributed by atoms with van der Waals surface area (Å²) in [5.74, 6) is -0.184. The third kappa shape index (κ3) is 4.91. The molecule has 28 heavy (non-hydrogen) atoms. The van der Waals surface area contributed by atoms with Gasteiger partial charge in [-0.1, -0.05) is 30.2 Å². The Bertz CT molecular complexity index is 951. The van der Waals surface area contributed by atoms with Gasteiger partial charge in [0.15, 0.2) is 0 Å². The number of aryl methyl sites for hydroxylation is 2. The molecular formula is C21H27N3O3S. The van der Waals surface area contributed by atoms with Crippen LogP contribution in [0.15, 0.2) is 47.4 Å². The van der Waals surface area contributed by atoms with E-state index in [4.69, 9.17) is 0 Å². The second kappa shape index (κ2) is 8.75. The van der Waals surface area contributed by atoms with Gasteiger partial charge in [0, 0.05) is 24.5 Å². The minimum absolute atomic E-state index is 0.0561. The quantitative estimate of drug-likeness (QED) is 0.776. The molecule has 1 aliphatic heterocycles. The molecule has 0 saturated carbocycles. The smallest absolute Gasteiger partial charge is 0.243 e. The molecule has 1 aliphatic rings. The molecule has 1 amide bonds. The highest BCUT2D eigenvalue weighted by Crippen LogP contribution is 2.23. The van der Waals surface area contributed by atoms with Gasteiger partial charge in [-0.3, -0.25) is 4.79 Å². The van der Waals surface area contributed by atoms with Crippen LogP contribution in [0.25, 0.3) is 0 Å². The second-order valence-electron chi connectivity index (χ2n) is 7.21. The Balaban J connectivity index is 1.63. The zero-order chi connectivity index (χ0) is 20.1. The summed E-state index contributed by atoms with van der Waals surface area (Å²) in [4.78, 5) is 12.5. The van der Waals surface area contributed by atoms with E-state index in [0.717, 1.165) is 36.1 Å². The maximum Gasteiger partial charge on any atom is 0.243 e. The predicted molar refractivity (Wildman–Crippen MR) is 112 cm³/mol. The van der Waals surface area contributed by atoms with Crippen LogP contribution < -0.4 is 10.6 Å². The first-order chi connectivity index (χ1) is 13.4. The van der Waals surface area contributed by atoms with E-state index in [2.05, 4.69) is 10.6 Å². The van der Waals surface area contributed by atoms with Gasteiger partial charge in [-0.2, -0.15) is 4.31 Å². The number of anilines is 2. The van der Waals surface area contributed by atoms with E-state index in [1.54, 1.807) is 28.6 Å². The lowest BCUT2D eigenvalue weighted by atomic mass is 10.1. The van der Waals surface area contributed by atoms with Gasteiger partial charge in [0.2, 0.25) is 15.9 Å². The molecular weight excluding hydrogens is 374 g/mol. The van der Waals surface area contributed by atoms with Gasteiger partial charge in [0.1, 0.15) is 0 Å². The molecule has 2 aromatic rings. The highest BCUT2D eigenvalue weighted by Gasteiger charge is 2.25. The fourth-order valence-corrected chi connectivity index (χ4v) is 4.91. The van der Waals surface area contributed by atoms with Crippen LogP contribution in [0, 0.1) is 13.8 Å². The first-order valence-electron chi connectivity index (χ1n) is 9.57. The number of sulfonamides is 1. The van der Waals surface area contributed by atoms with E-state index in [9.17, 15) is 13.2 Å². The highest BCUT2D eigenvalue weighted by atomic mass is 32.2. The summed E-state index contributed by atoms with van der Waals surface area (Å²) < 4.78 is 27.1. The molecule has 2 N–H and O–H groups in total. The number of carbonyl (C=O) groups excluding carboxylic acids is 1. The molecule has 0 atom stereocenters. The van der Waals surface area contributed by atoms with Crippen molar-refractivity contribution >= 4 is 27.3 Å². The van der Waals surface area contributed by atoms with Gasteiger partial charge in [-0.25, -0.2) is 8.42 Å². The summed E-state index contributed by atoms with van der Waals surface area (Å²) in [6.07, 6.45) is 2.87. The molecule has 1 heterocycles. The zero-order valence-electron chi connectivity index (χ0n) is 16.4. The Labute approximate surface area is 167 Å². The van der Waals surface area contributed by atoms with E-state index in [0.29, 0.717) is 18.8 Å². The van der Waals surface area contributed by atoms with Crippen LogP contribution in [0.3, 0.4) is 0 Å². The van der Waals surface area contributed by atoms with Crippen molar-refractivity contribution in [2.45, 2.75) is 38.0 Å². The molecule has 0 unspecified atom stereocenters. The molecule has 0 bridgehead atoms. The van der Waals surface area contributed by atoms with Crippen LogP contribution in [0.1, 0.15) is 30.4 Å². The van der Waals surface area contributed by atoms with E-state index < -0.39 is 10.0 Å². The molecule has 0 spiro atoms. The van der Waals surface area contributed by atoms with Crippen molar-refractivity contribution in [3.8, 4) is 0 Å². The van der Waals surface area contributed by atoms with E-state index >= 15 is 0 Å². The van der Waals surface area contributed by atoms with Gasteiger partial charge in [-0.05, 0) is 56.5 Å². The second-order valence-corrected chi connectivity index (χ2v) is 9.15. The molecule has 6 nitrogen and oxygen atoms in total. The van der Waals surface area contributed by atoms with E-state index in [-0.39, 0.29) is 17.3 Å². The standard InChI is InChI=1S/C21H27N3O3S/c1-16-9-10-20(17(2)13-16)23-21(25)15-22-18-7-6-8-19(14-18)28(26,27)24-11-4-3-5-12-24/h6-10,13-14,22H,3-5,11-12,15H2,1-2H3,(H,23,25). The summed E-state index contributed by atoms with van der Waals surface area (Å²) in [6, 6.07) is 12.5. The summed E-state index contributed by atoms with van der Waals surface area (Å²) in [7, 11) is -3.49. The number of hydrogen-bond acceptors (Lipinski definition) is 4. The zero-order valence-corrected chi connectivity index (χ0v) is 17.2. The fourth-order valence-electron chi connectivity index (χ4n) is 3.35. The van der Waals surface area contributed by atoms with E-state index in [1.165, 1.54) is 0 Å². The minimum Gasteiger partial charge on any atom is -0.376 e. The Hall–Kier alpha value is -2.38. The van der Waals surface area contributed by atoms with Crippen LogP contribution in [-0.4, -0.2) is 38.3 Å². The topological polar surface area (TPSA) is 78.5 Å². The number of amides is 1. The molecule has 1 fully saturated rings. The first-order valence-corrected chi connectivity index (χ1v) is 11.0. The van der Waals surface area contributed by atoms with Crippen LogP contribution in [0.5, 0.6) is 0 Å². The van der Waals surface area contributed by atoms with Crippen molar-refractivity contribution in [2.75, 3.05) is 30.3 Å². The maximum absolute atomic E-state index is 12.8. The SMILES string of the molecule is Cc1ccc(NC(=O)CNc2cccc(S(=O)(=O)N3CCCCC3)c2)c(C)c1. The van der Waals surface area contributed by atoms with Crippen molar-refractivity contribution < 1.29 is 13.2 Å². The largest absolute Gasteiger partial charge is 0.376 e. The number of carbonyl (C=O) groups is 1. The molecule has 2 aromatic carbocycles. The lowest BCUT2D eigenvalue weighted by molar-refractivity contribution is -0.114. The Morgan fingerprint density at radius 3 is 2.50 bits per heavy atom.